The van der Waals surface area contributed by atoms with Crippen LogP contribution >= 0.6 is 0 Å². The lowest BCUT2D eigenvalue weighted by molar-refractivity contribution is -0.185. The van der Waals surface area contributed by atoms with Gasteiger partial charge in [0.25, 0.3) is 11.8 Å². The Hall–Kier alpha value is -3.47. The molecule has 2 aliphatic rings. The molecule has 1 aromatic heterocycles. The number of methoxy groups -OCH3 is 1. The molecule has 40 heavy (non-hydrogen) atoms. The molecular weight excluding hydrogens is 522 g/mol. The van der Waals surface area contributed by atoms with Crippen molar-refractivity contribution in [2.24, 2.45) is 11.8 Å². The number of benzene rings is 1. The van der Waals surface area contributed by atoms with E-state index in [1.54, 1.807) is 49.3 Å². The summed E-state index contributed by atoms with van der Waals surface area (Å²) in [4.78, 5) is 35.4. The molecule has 0 saturated carbocycles. The highest BCUT2D eigenvalue weighted by atomic mass is 19.3. The Bertz CT molecular complexity index is 1170. The van der Waals surface area contributed by atoms with Gasteiger partial charge in [-0.3, -0.25) is 9.59 Å². The molecule has 1 atom stereocenters. The lowest BCUT2D eigenvalue weighted by Crippen LogP contribution is -2.49. The number of rotatable bonds is 11. The number of halogens is 2. The molecule has 11 heteroatoms. The van der Waals surface area contributed by atoms with E-state index in [1.165, 1.54) is 12.0 Å². The van der Waals surface area contributed by atoms with Gasteiger partial charge < -0.3 is 28.9 Å². The number of likely N-dealkylation sites (tertiary alicyclic amines) is 1. The summed E-state index contributed by atoms with van der Waals surface area (Å²) < 4.78 is 42.1. The van der Waals surface area contributed by atoms with Gasteiger partial charge in [-0.05, 0) is 67.9 Å². The lowest BCUT2D eigenvalue weighted by atomic mass is 9.83. The number of alkyl halides is 2. The number of pyridine rings is 1. The molecule has 2 amide bonds. The van der Waals surface area contributed by atoms with Crippen molar-refractivity contribution in [3.8, 4) is 11.6 Å². The van der Waals surface area contributed by atoms with E-state index in [1.807, 2.05) is 13.0 Å². The Morgan fingerprint density at radius 2 is 1.82 bits per heavy atom. The molecule has 0 bridgehead atoms. The predicted octanol–water partition coefficient (Wildman–Crippen LogP) is 4.24. The second-order valence-electron chi connectivity index (χ2n) is 10.5. The van der Waals surface area contributed by atoms with Crippen LogP contribution in [0.3, 0.4) is 0 Å². The van der Waals surface area contributed by atoms with Gasteiger partial charge in [0.15, 0.2) is 6.10 Å². The minimum atomic E-state index is -3.07. The van der Waals surface area contributed by atoms with Gasteiger partial charge in [0.1, 0.15) is 17.1 Å². The van der Waals surface area contributed by atoms with Gasteiger partial charge in [-0.2, -0.15) is 13.8 Å². The molecule has 0 unspecified atom stereocenters. The summed E-state index contributed by atoms with van der Waals surface area (Å²) in [6.07, 6.45) is 1.29. The highest BCUT2D eigenvalue weighted by Crippen LogP contribution is 2.34. The highest BCUT2D eigenvalue weighted by Gasteiger charge is 2.35. The first-order valence-corrected chi connectivity index (χ1v) is 13.7. The average Bonchev–Trinajstić information content (AvgIpc) is 2.93. The normalized spacial score (nSPS) is 17.0. The molecule has 4 rings (SSSR count). The molecule has 218 valence electrons. The number of ether oxygens (including phenoxy) is 3. The summed E-state index contributed by atoms with van der Waals surface area (Å²) in [5, 5.41) is 0. The van der Waals surface area contributed by atoms with Crippen molar-refractivity contribution in [2.75, 3.05) is 58.9 Å². The summed E-state index contributed by atoms with van der Waals surface area (Å²) in [5.41, 5.74) is 0.787. The van der Waals surface area contributed by atoms with Gasteiger partial charge in [0.05, 0.1) is 13.7 Å². The van der Waals surface area contributed by atoms with Crippen LogP contribution < -0.4 is 14.4 Å². The number of hydrogen-bond donors (Lipinski definition) is 0. The molecule has 0 radical (unpaired) electrons. The zero-order valence-electron chi connectivity index (χ0n) is 23.5. The largest absolute Gasteiger partial charge is 0.494 e. The van der Waals surface area contributed by atoms with E-state index in [-0.39, 0.29) is 5.91 Å². The van der Waals surface area contributed by atoms with Crippen LogP contribution in [0.5, 0.6) is 11.6 Å². The Labute approximate surface area is 234 Å². The Morgan fingerprint density at radius 1 is 1.10 bits per heavy atom. The average molecular weight is 561 g/mol. The number of carbonyl (C=O) groups is 2. The number of aromatic nitrogens is 1. The summed E-state index contributed by atoms with van der Waals surface area (Å²) in [6, 6.07) is 10.2. The molecule has 0 aliphatic carbocycles. The number of hydrogen-bond acceptors (Lipinski definition) is 7. The van der Waals surface area contributed by atoms with Crippen LogP contribution in [0.4, 0.5) is 14.6 Å². The van der Waals surface area contributed by atoms with Gasteiger partial charge >= 0.3 is 6.61 Å². The van der Waals surface area contributed by atoms with Crippen LogP contribution in [-0.4, -0.2) is 87.2 Å². The fraction of sp³-hybridized carbons (Fsp3) is 0.552. The standard InChI is InChI=1S/C29H38F2N4O5/c1-5-39-22-8-6-7-21(16-22)25(40-29(30)31)28(37)34-13-11-19(12-14-34)15-20-17-35(18-20)24-10-9-23(26(32-24)38-4)27(36)33(2)3/h6-10,16,19-20,25,29H,5,11-15,17-18H2,1-4H3/t25-/m1/s1. The van der Waals surface area contributed by atoms with Crippen LogP contribution in [-0.2, 0) is 9.53 Å². The van der Waals surface area contributed by atoms with E-state index in [2.05, 4.69) is 9.88 Å². The van der Waals surface area contributed by atoms with E-state index in [9.17, 15) is 18.4 Å². The fourth-order valence-corrected chi connectivity index (χ4v) is 5.41. The number of nitrogens with zero attached hydrogens (tertiary/aromatic N) is 4. The van der Waals surface area contributed by atoms with Crippen molar-refractivity contribution in [3.05, 3.63) is 47.5 Å². The molecule has 2 aromatic rings. The first kappa shape index (κ1) is 29.5. The minimum absolute atomic E-state index is 0.159. The number of amides is 2. The zero-order valence-corrected chi connectivity index (χ0v) is 23.5. The maximum absolute atomic E-state index is 13.2. The molecule has 1 aromatic carbocycles. The number of piperidine rings is 1. The molecule has 0 N–H and O–H groups in total. The lowest BCUT2D eigenvalue weighted by Gasteiger charge is -2.43. The van der Waals surface area contributed by atoms with Crippen LogP contribution in [0.25, 0.3) is 0 Å². The molecule has 2 aliphatic heterocycles. The Morgan fingerprint density at radius 3 is 2.45 bits per heavy atom. The quantitative estimate of drug-likeness (QED) is 0.407. The Balaban J connectivity index is 1.29. The maximum atomic E-state index is 13.2. The molecule has 3 heterocycles. The Kier molecular flexibility index (Phi) is 9.78. The van der Waals surface area contributed by atoms with E-state index in [0.29, 0.717) is 54.3 Å². The van der Waals surface area contributed by atoms with E-state index < -0.39 is 18.6 Å². The molecule has 2 fully saturated rings. The van der Waals surface area contributed by atoms with Crippen LogP contribution in [0.2, 0.25) is 0 Å². The van der Waals surface area contributed by atoms with E-state index in [4.69, 9.17) is 14.2 Å². The van der Waals surface area contributed by atoms with Gasteiger partial charge in [-0.15, -0.1) is 0 Å². The second kappa shape index (κ2) is 13.3. The van der Waals surface area contributed by atoms with Crippen molar-refractivity contribution in [2.45, 2.75) is 38.9 Å². The third-order valence-electron chi connectivity index (χ3n) is 7.48. The summed E-state index contributed by atoms with van der Waals surface area (Å²) in [7, 11) is 4.88. The van der Waals surface area contributed by atoms with Crippen LogP contribution in [0.15, 0.2) is 36.4 Å². The topological polar surface area (TPSA) is 84.4 Å². The fourth-order valence-electron chi connectivity index (χ4n) is 5.41. The predicted molar refractivity (Wildman–Crippen MR) is 146 cm³/mol. The van der Waals surface area contributed by atoms with Crippen molar-refractivity contribution in [1.82, 2.24) is 14.8 Å². The maximum Gasteiger partial charge on any atom is 0.346 e. The molecular formula is C29H38F2N4O5. The van der Waals surface area contributed by atoms with Gasteiger partial charge in [-0.1, -0.05) is 12.1 Å². The highest BCUT2D eigenvalue weighted by molar-refractivity contribution is 5.96. The van der Waals surface area contributed by atoms with Crippen molar-refractivity contribution in [1.29, 1.82) is 0 Å². The zero-order chi connectivity index (χ0) is 28.8. The third kappa shape index (κ3) is 6.99. The minimum Gasteiger partial charge on any atom is -0.494 e. The van der Waals surface area contributed by atoms with E-state index in [0.717, 1.165) is 38.2 Å². The van der Waals surface area contributed by atoms with Crippen molar-refractivity contribution < 1.29 is 32.6 Å². The second-order valence-corrected chi connectivity index (χ2v) is 10.5. The summed E-state index contributed by atoms with van der Waals surface area (Å²) >= 11 is 0. The third-order valence-corrected chi connectivity index (χ3v) is 7.48. The molecule has 0 spiro atoms. The smallest absolute Gasteiger partial charge is 0.346 e. The first-order valence-electron chi connectivity index (χ1n) is 13.7. The van der Waals surface area contributed by atoms with Gasteiger partial charge in [-0.25, -0.2) is 0 Å². The SMILES string of the molecule is CCOc1cccc([C@@H](OC(F)F)C(=O)N2CCC(CC3CN(c4ccc(C(=O)N(C)C)c(OC)n4)C3)CC2)c1. The summed E-state index contributed by atoms with van der Waals surface area (Å²) in [6.45, 7) is 1.93. The van der Waals surface area contributed by atoms with Gasteiger partial charge in [0.2, 0.25) is 5.88 Å². The van der Waals surface area contributed by atoms with Gasteiger partial charge in [0, 0.05) is 40.3 Å². The van der Waals surface area contributed by atoms with Crippen LogP contribution in [0.1, 0.15) is 48.2 Å². The number of carbonyl (C=O) groups excluding carboxylic acids is 2. The number of anilines is 1. The molecule has 2 saturated heterocycles. The van der Waals surface area contributed by atoms with Crippen molar-refractivity contribution >= 4 is 17.6 Å². The van der Waals surface area contributed by atoms with Crippen molar-refractivity contribution in [3.63, 3.8) is 0 Å². The molecule has 9 nitrogen and oxygen atoms in total. The summed E-state index contributed by atoms with van der Waals surface area (Å²) in [5.74, 6) is 1.95. The monoisotopic (exact) mass is 560 g/mol. The van der Waals surface area contributed by atoms with E-state index >= 15 is 0 Å². The first-order chi connectivity index (χ1) is 19.2. The van der Waals surface area contributed by atoms with Crippen LogP contribution in [0, 0.1) is 11.8 Å².